The molecule has 0 spiro atoms. The molecular weight excluding hydrogens is 849 g/mol. The predicted molar refractivity (Wildman–Crippen MR) is 288 cm³/mol. The Bertz CT molecular complexity index is 3960. The third kappa shape index (κ3) is 6.07. The predicted octanol–water partition coefficient (Wildman–Crippen LogP) is 18.2. The van der Waals surface area contributed by atoms with Crippen LogP contribution in [0.25, 0.3) is 129 Å². The van der Waals surface area contributed by atoms with Gasteiger partial charge in [0.15, 0.2) is 0 Å². The fourth-order valence-corrected chi connectivity index (χ4v) is 13.1. The van der Waals surface area contributed by atoms with Gasteiger partial charge in [0, 0.05) is 27.3 Å². The third-order valence-electron chi connectivity index (χ3n) is 14.3. The Kier molecular flexibility index (Phi) is 8.40. The molecule has 4 heteroatoms. The van der Waals surface area contributed by atoms with Crippen LogP contribution in [0.5, 0.6) is 0 Å². The summed E-state index contributed by atoms with van der Waals surface area (Å²) in [6, 6.07) is 76.3. The van der Waals surface area contributed by atoms with Gasteiger partial charge in [-0.1, -0.05) is 172 Å². The number of rotatable bonds is 5. The molecule has 11 aromatic carbocycles. The van der Waals surface area contributed by atoms with Crippen molar-refractivity contribution in [1.29, 1.82) is 0 Å². The van der Waals surface area contributed by atoms with E-state index in [0.717, 1.165) is 32.2 Å². The number of benzene rings is 11. The van der Waals surface area contributed by atoms with Crippen molar-refractivity contribution >= 4 is 86.2 Å². The average molecular weight is 889 g/mol. The molecule has 0 unspecified atom stereocenters. The van der Waals surface area contributed by atoms with Gasteiger partial charge in [0.2, 0.25) is 0 Å². The maximum absolute atomic E-state index is 5.15. The minimum absolute atomic E-state index is 0.105. The molecule has 13 aromatic rings. The highest BCUT2D eigenvalue weighted by Gasteiger charge is 2.35. The first-order valence-corrected chi connectivity index (χ1v) is 24.6. The van der Waals surface area contributed by atoms with Crippen LogP contribution in [0.2, 0.25) is 0 Å². The molecule has 314 valence electrons. The summed E-state index contributed by atoms with van der Waals surface area (Å²) in [5, 5.41) is 12.0. The number of fused-ring (bicyclic) bond motifs is 13. The molecule has 0 aliphatic heterocycles. The lowest BCUT2D eigenvalue weighted by atomic mass is 9.81. The molecule has 0 saturated heterocycles. The minimum atomic E-state index is -0.105. The summed E-state index contributed by atoms with van der Waals surface area (Å²) in [6.45, 7) is 4.74. The second-order valence-corrected chi connectivity index (χ2v) is 20.5. The van der Waals surface area contributed by atoms with E-state index < -0.39 is 0 Å². The Hall–Kier alpha value is -7.76. The van der Waals surface area contributed by atoms with Crippen molar-refractivity contribution in [3.63, 3.8) is 0 Å². The molecule has 0 saturated carbocycles. The van der Waals surface area contributed by atoms with E-state index in [2.05, 4.69) is 220 Å². The van der Waals surface area contributed by atoms with Crippen LogP contribution in [0, 0.1) is 0 Å². The average Bonchev–Trinajstić information content (AvgIpc) is 4.09. The van der Waals surface area contributed by atoms with Crippen LogP contribution in [0.4, 0.5) is 0 Å². The Morgan fingerprint density at radius 1 is 0.328 bits per heavy atom. The molecule has 1 aliphatic rings. The molecule has 2 aromatic heterocycles. The van der Waals surface area contributed by atoms with Crippen LogP contribution in [0.1, 0.15) is 25.0 Å². The monoisotopic (exact) mass is 888 g/mol. The van der Waals surface area contributed by atoms with Crippen LogP contribution < -0.4 is 0 Å². The van der Waals surface area contributed by atoms with Crippen LogP contribution in [-0.4, -0.2) is 9.97 Å². The molecule has 0 radical (unpaired) electrons. The van der Waals surface area contributed by atoms with Crippen LogP contribution in [-0.2, 0) is 5.41 Å². The van der Waals surface area contributed by atoms with Crippen LogP contribution in [0.3, 0.4) is 0 Å². The summed E-state index contributed by atoms with van der Waals surface area (Å²) in [5.41, 5.74) is 16.9. The van der Waals surface area contributed by atoms with Crippen molar-refractivity contribution in [2.45, 2.75) is 19.3 Å². The molecule has 0 amide bonds. The lowest BCUT2D eigenvalue weighted by Crippen LogP contribution is -2.14. The zero-order valence-corrected chi connectivity index (χ0v) is 38.5. The molecule has 0 bridgehead atoms. The maximum atomic E-state index is 5.15. The van der Waals surface area contributed by atoms with Gasteiger partial charge in [0.25, 0.3) is 0 Å². The number of hydrogen-bond acceptors (Lipinski definition) is 4. The number of hydrogen-bond donors (Lipinski definition) is 0. The minimum Gasteiger partial charge on any atom is -0.236 e. The quantitative estimate of drug-likeness (QED) is 0.161. The summed E-state index contributed by atoms with van der Waals surface area (Å²) in [7, 11) is 0. The zero-order chi connectivity index (χ0) is 44.4. The van der Waals surface area contributed by atoms with Crippen molar-refractivity contribution in [1.82, 2.24) is 9.97 Å². The number of thiazole rings is 2. The van der Waals surface area contributed by atoms with Crippen molar-refractivity contribution in [3.05, 3.63) is 217 Å². The number of nitrogens with zero attached hydrogens (tertiary/aromatic N) is 2. The summed E-state index contributed by atoms with van der Waals surface area (Å²) in [4.78, 5) is 10.3. The lowest BCUT2D eigenvalue weighted by molar-refractivity contribution is 0.660. The first kappa shape index (κ1) is 38.5. The van der Waals surface area contributed by atoms with Crippen LogP contribution in [0.15, 0.2) is 206 Å². The van der Waals surface area contributed by atoms with Gasteiger partial charge in [-0.15, -0.1) is 22.7 Å². The molecule has 0 N–H and O–H groups in total. The van der Waals surface area contributed by atoms with E-state index in [1.54, 1.807) is 22.7 Å². The van der Waals surface area contributed by atoms with Gasteiger partial charge in [0.1, 0.15) is 10.0 Å². The first-order chi connectivity index (χ1) is 32.9. The van der Waals surface area contributed by atoms with E-state index in [1.165, 1.54) is 108 Å². The van der Waals surface area contributed by atoms with Crippen LogP contribution >= 0.6 is 22.7 Å². The van der Waals surface area contributed by atoms with Gasteiger partial charge in [-0.2, -0.15) is 0 Å². The lowest BCUT2D eigenvalue weighted by Gasteiger charge is -2.22. The van der Waals surface area contributed by atoms with Crippen molar-refractivity contribution in [2.24, 2.45) is 0 Å². The van der Waals surface area contributed by atoms with E-state index in [0.29, 0.717) is 0 Å². The largest absolute Gasteiger partial charge is 0.236 e. The molecule has 0 atom stereocenters. The van der Waals surface area contributed by atoms with E-state index in [4.69, 9.17) is 9.97 Å². The SMILES string of the molecule is CC1(C)c2ccccc2-c2ccc(-c3cc(-c4ccc5ccc6ccc7nc(-c8ccccc8)sc7c6c5c4)cc(-c4ccc5ccc6ccc7nc(-c8ccccc8)sc7c6c5c4)c3)cc21. The van der Waals surface area contributed by atoms with Gasteiger partial charge in [-0.25, -0.2) is 9.97 Å². The normalized spacial score (nSPS) is 13.0. The zero-order valence-electron chi connectivity index (χ0n) is 36.8. The van der Waals surface area contributed by atoms with E-state index >= 15 is 0 Å². The Morgan fingerprint density at radius 3 is 1.28 bits per heavy atom. The molecule has 14 rings (SSSR count). The molecular formula is C63H40N2S2. The van der Waals surface area contributed by atoms with Gasteiger partial charge in [0.05, 0.1) is 20.4 Å². The first-order valence-electron chi connectivity index (χ1n) is 22.9. The Balaban J connectivity index is 0.983. The van der Waals surface area contributed by atoms with Crippen molar-refractivity contribution < 1.29 is 0 Å². The molecule has 2 nitrogen and oxygen atoms in total. The maximum Gasteiger partial charge on any atom is 0.124 e. The summed E-state index contributed by atoms with van der Waals surface area (Å²) >= 11 is 3.58. The van der Waals surface area contributed by atoms with Gasteiger partial charge >= 0.3 is 0 Å². The number of aromatic nitrogens is 2. The summed E-state index contributed by atoms with van der Waals surface area (Å²) in [5.74, 6) is 0. The fourth-order valence-electron chi connectivity index (χ4n) is 10.8. The topological polar surface area (TPSA) is 25.8 Å². The smallest absolute Gasteiger partial charge is 0.124 e. The molecule has 2 heterocycles. The second kappa shape index (κ2) is 14.6. The van der Waals surface area contributed by atoms with Crippen molar-refractivity contribution in [3.8, 4) is 65.6 Å². The van der Waals surface area contributed by atoms with Gasteiger partial charge < -0.3 is 0 Å². The summed E-state index contributed by atoms with van der Waals surface area (Å²) in [6.07, 6.45) is 0. The van der Waals surface area contributed by atoms with E-state index in [9.17, 15) is 0 Å². The van der Waals surface area contributed by atoms with Gasteiger partial charge in [-0.05, 0) is 136 Å². The Labute approximate surface area is 396 Å². The fraction of sp³-hybridized carbons (Fsp3) is 0.0476. The highest BCUT2D eigenvalue weighted by molar-refractivity contribution is 7.23. The van der Waals surface area contributed by atoms with E-state index in [-0.39, 0.29) is 5.41 Å². The summed E-state index contributed by atoms with van der Waals surface area (Å²) < 4.78 is 2.45. The van der Waals surface area contributed by atoms with Gasteiger partial charge in [-0.3, -0.25) is 0 Å². The molecule has 0 fully saturated rings. The molecule has 67 heavy (non-hydrogen) atoms. The standard InChI is InChI=1S/C63H40N2S2/c1-63(2)53-16-10-9-15-49(53)50-28-25-45(36-54(50)63)48-32-46(43-23-19-37-17-21-39-26-29-55-59(57(39)51(37)34-43)66-61(64-55)41-11-5-3-6-12-41)31-47(33-48)44-24-20-38-18-22-40-27-30-56-60(58(40)52(38)35-44)67-62(65-56)42-13-7-4-8-14-42/h3-36H,1-2H3. The highest BCUT2D eigenvalue weighted by Crippen LogP contribution is 2.50. The van der Waals surface area contributed by atoms with E-state index in [1.807, 2.05) is 0 Å². The van der Waals surface area contributed by atoms with Crippen molar-refractivity contribution in [2.75, 3.05) is 0 Å². The second-order valence-electron chi connectivity index (χ2n) is 18.5. The third-order valence-corrected chi connectivity index (χ3v) is 16.5. The Morgan fingerprint density at radius 2 is 0.746 bits per heavy atom. The highest BCUT2D eigenvalue weighted by atomic mass is 32.1. The molecule has 1 aliphatic carbocycles.